The number of nitrogens with two attached hydrogens (primary N) is 1. The Morgan fingerprint density at radius 3 is 2.23 bits per heavy atom. The van der Waals surface area contributed by atoms with Gasteiger partial charge in [0.05, 0.1) is 37.9 Å². The molecule has 0 saturated carbocycles. The van der Waals surface area contributed by atoms with Crippen LogP contribution in [-0.4, -0.2) is 75.7 Å². The third kappa shape index (κ3) is 13.3. The number of carbonyl (C=O) groups excluding carboxylic acids is 3. The van der Waals surface area contributed by atoms with E-state index >= 15 is 0 Å². The molecule has 0 unspecified atom stereocenters. The van der Waals surface area contributed by atoms with E-state index in [1.54, 1.807) is 35.0 Å². The SMILES string of the molecule is CCOC(=O)N[C@@H](C[C@H](Cc1ccc(OC)c(OCCCOC)c1)C(C)C)[C@@H](O)C[C@H](C(=O)NCC(C)(C)C(N)=O)C(C)C. The Bertz CT molecular complexity index is 1030. The summed E-state index contributed by atoms with van der Waals surface area (Å²) >= 11 is 0. The van der Waals surface area contributed by atoms with E-state index in [1.807, 2.05) is 32.0 Å². The molecule has 0 heterocycles. The molecule has 1 rings (SSSR count). The Balaban J connectivity index is 3.18. The van der Waals surface area contributed by atoms with Crippen LogP contribution in [0.4, 0.5) is 4.79 Å². The van der Waals surface area contributed by atoms with Crippen molar-refractivity contribution in [1.29, 1.82) is 0 Å². The van der Waals surface area contributed by atoms with Gasteiger partial charge >= 0.3 is 6.09 Å². The van der Waals surface area contributed by atoms with Gasteiger partial charge in [-0.2, -0.15) is 0 Å². The maximum absolute atomic E-state index is 13.2. The maximum atomic E-state index is 13.2. The Morgan fingerprint density at radius 1 is 1.00 bits per heavy atom. The lowest BCUT2D eigenvalue weighted by atomic mass is 9.80. The van der Waals surface area contributed by atoms with Crippen LogP contribution in [0.5, 0.6) is 11.5 Å². The van der Waals surface area contributed by atoms with Crippen LogP contribution in [0.15, 0.2) is 18.2 Å². The molecular formula is C33H57N3O8. The van der Waals surface area contributed by atoms with Crippen LogP contribution in [0.3, 0.4) is 0 Å². The summed E-state index contributed by atoms with van der Waals surface area (Å²) in [6, 6.07) is 5.18. The molecule has 44 heavy (non-hydrogen) atoms. The highest BCUT2D eigenvalue weighted by molar-refractivity contribution is 5.83. The van der Waals surface area contributed by atoms with Crippen LogP contribution in [0.2, 0.25) is 0 Å². The Morgan fingerprint density at radius 2 is 1.68 bits per heavy atom. The molecule has 11 heteroatoms. The average molecular weight is 624 g/mol. The fourth-order valence-electron chi connectivity index (χ4n) is 4.84. The highest BCUT2D eigenvalue weighted by Crippen LogP contribution is 2.32. The molecule has 0 saturated heterocycles. The first-order valence-electron chi connectivity index (χ1n) is 15.6. The number of rotatable bonds is 21. The summed E-state index contributed by atoms with van der Waals surface area (Å²) < 4.78 is 21.7. The lowest BCUT2D eigenvalue weighted by Gasteiger charge is -2.32. The predicted octanol–water partition coefficient (Wildman–Crippen LogP) is 4.08. The summed E-state index contributed by atoms with van der Waals surface area (Å²) in [7, 11) is 3.25. The predicted molar refractivity (Wildman–Crippen MR) is 171 cm³/mol. The molecule has 4 atom stereocenters. The number of primary amides is 1. The van der Waals surface area contributed by atoms with Crippen molar-refractivity contribution in [3.8, 4) is 11.5 Å². The van der Waals surface area contributed by atoms with Crippen molar-refractivity contribution in [3.05, 3.63) is 23.8 Å². The lowest BCUT2D eigenvalue weighted by molar-refractivity contribution is -0.130. The quantitative estimate of drug-likeness (QED) is 0.149. The van der Waals surface area contributed by atoms with Gasteiger partial charge < -0.3 is 40.4 Å². The van der Waals surface area contributed by atoms with Crippen LogP contribution in [-0.2, 0) is 25.5 Å². The second-order valence-corrected chi connectivity index (χ2v) is 12.7. The smallest absolute Gasteiger partial charge is 0.407 e. The summed E-state index contributed by atoms with van der Waals surface area (Å²) in [6.07, 6.45) is 0.331. The molecule has 3 amide bonds. The van der Waals surface area contributed by atoms with Crippen molar-refractivity contribution >= 4 is 17.9 Å². The van der Waals surface area contributed by atoms with Crippen LogP contribution in [0.25, 0.3) is 0 Å². The van der Waals surface area contributed by atoms with Gasteiger partial charge in [-0.3, -0.25) is 9.59 Å². The van der Waals surface area contributed by atoms with Gasteiger partial charge in [0.15, 0.2) is 11.5 Å². The minimum Gasteiger partial charge on any atom is -0.493 e. The van der Waals surface area contributed by atoms with Crippen molar-refractivity contribution in [2.45, 2.75) is 86.3 Å². The van der Waals surface area contributed by atoms with E-state index in [9.17, 15) is 19.5 Å². The molecule has 0 aliphatic rings. The zero-order chi connectivity index (χ0) is 33.4. The zero-order valence-corrected chi connectivity index (χ0v) is 28.2. The van der Waals surface area contributed by atoms with E-state index in [0.717, 1.165) is 12.0 Å². The number of methoxy groups -OCH3 is 2. The summed E-state index contributed by atoms with van der Waals surface area (Å²) in [5.74, 6) is 0.107. The van der Waals surface area contributed by atoms with Crippen LogP contribution in [0, 0.1) is 29.1 Å². The zero-order valence-electron chi connectivity index (χ0n) is 28.2. The van der Waals surface area contributed by atoms with Gasteiger partial charge in [-0.15, -0.1) is 0 Å². The highest BCUT2D eigenvalue weighted by Gasteiger charge is 2.34. The molecule has 1 aromatic rings. The van der Waals surface area contributed by atoms with Gasteiger partial charge in [-0.25, -0.2) is 4.79 Å². The average Bonchev–Trinajstić information content (AvgIpc) is 2.95. The first-order chi connectivity index (χ1) is 20.7. The Kier molecular flexibility index (Phi) is 17.1. The van der Waals surface area contributed by atoms with Crippen molar-refractivity contribution in [3.63, 3.8) is 0 Å². The van der Waals surface area contributed by atoms with Gasteiger partial charge in [0.25, 0.3) is 0 Å². The molecule has 0 bridgehead atoms. The molecule has 0 spiro atoms. The third-order valence-electron chi connectivity index (χ3n) is 8.03. The van der Waals surface area contributed by atoms with E-state index in [2.05, 4.69) is 24.5 Å². The number of aliphatic hydroxyl groups is 1. The largest absolute Gasteiger partial charge is 0.493 e. The molecule has 5 N–H and O–H groups in total. The number of amides is 3. The standard InChI is InChI=1S/C33H57N3O8/c1-10-43-32(40)36-26(27(37)19-25(22(4)5)30(38)35-20-33(6,7)31(34)39)18-24(21(2)3)16-23-12-13-28(42-9)29(17-23)44-15-11-14-41-8/h12-13,17,21-22,24-27,37H,10-11,14-16,18-20H2,1-9H3,(H2,34,39)(H,35,38)(H,36,40)/t24-,25-,26-,27-/m0/s1. The fourth-order valence-corrected chi connectivity index (χ4v) is 4.84. The van der Waals surface area contributed by atoms with Gasteiger partial charge in [0.1, 0.15) is 0 Å². The molecule has 0 aliphatic heterocycles. The lowest BCUT2D eigenvalue weighted by Crippen LogP contribution is -2.49. The van der Waals surface area contributed by atoms with Crippen molar-refractivity contribution < 1.29 is 38.4 Å². The normalized spacial score (nSPS) is 14.5. The number of alkyl carbamates (subject to hydrolysis) is 1. The molecular weight excluding hydrogens is 566 g/mol. The first kappa shape index (κ1) is 39.0. The van der Waals surface area contributed by atoms with E-state index in [4.69, 9.17) is 24.7 Å². The second-order valence-electron chi connectivity index (χ2n) is 12.7. The molecule has 0 aliphatic carbocycles. The summed E-state index contributed by atoms with van der Waals surface area (Å²) in [5, 5.41) is 17.2. The van der Waals surface area contributed by atoms with Crippen LogP contribution >= 0.6 is 0 Å². The minimum atomic E-state index is -1.03. The molecule has 11 nitrogen and oxygen atoms in total. The molecule has 252 valence electrons. The maximum Gasteiger partial charge on any atom is 0.407 e. The van der Waals surface area contributed by atoms with Gasteiger partial charge in [0, 0.05) is 32.6 Å². The summed E-state index contributed by atoms with van der Waals surface area (Å²) in [4.78, 5) is 37.5. The molecule has 0 radical (unpaired) electrons. The van der Waals surface area contributed by atoms with Crippen LogP contribution in [0.1, 0.15) is 73.3 Å². The number of hydrogen-bond donors (Lipinski definition) is 4. The fraction of sp³-hybridized carbons (Fsp3) is 0.727. The van der Waals surface area contributed by atoms with Crippen molar-refractivity contribution in [1.82, 2.24) is 10.6 Å². The van der Waals surface area contributed by atoms with E-state index in [-0.39, 0.29) is 43.2 Å². The Labute approximate surface area is 263 Å². The second kappa shape index (κ2) is 19.4. The van der Waals surface area contributed by atoms with Crippen LogP contribution < -0.4 is 25.8 Å². The van der Waals surface area contributed by atoms with E-state index < -0.39 is 35.5 Å². The van der Waals surface area contributed by atoms with Crippen molar-refractivity contribution in [2.24, 2.45) is 34.8 Å². The summed E-state index contributed by atoms with van der Waals surface area (Å²) in [6.45, 7) is 14.4. The van der Waals surface area contributed by atoms with E-state index in [0.29, 0.717) is 37.6 Å². The number of carbonyl (C=O) groups is 3. The van der Waals surface area contributed by atoms with E-state index in [1.165, 1.54) is 0 Å². The van der Waals surface area contributed by atoms with Gasteiger partial charge in [0.2, 0.25) is 11.8 Å². The van der Waals surface area contributed by atoms with Gasteiger partial charge in [-0.05, 0) is 75.5 Å². The summed E-state index contributed by atoms with van der Waals surface area (Å²) in [5.41, 5.74) is 5.59. The molecule has 0 aromatic heterocycles. The monoisotopic (exact) mass is 623 g/mol. The Hall–Kier alpha value is -3.05. The molecule has 0 fully saturated rings. The topological polar surface area (TPSA) is 158 Å². The number of hydrogen-bond acceptors (Lipinski definition) is 8. The third-order valence-corrected chi connectivity index (χ3v) is 8.03. The van der Waals surface area contributed by atoms with Crippen molar-refractivity contribution in [2.75, 3.05) is 40.6 Å². The highest BCUT2D eigenvalue weighted by atomic mass is 16.5. The number of benzene rings is 1. The minimum absolute atomic E-state index is 0.0639. The van der Waals surface area contributed by atoms with Gasteiger partial charge in [-0.1, -0.05) is 33.8 Å². The molecule has 1 aromatic carbocycles. The number of nitrogens with one attached hydrogen (secondary N) is 2. The number of ether oxygens (including phenoxy) is 4. The number of aliphatic hydroxyl groups excluding tert-OH is 1. The first-order valence-corrected chi connectivity index (χ1v) is 15.6.